The molecule has 16 heteroatoms. The number of benzene rings is 4. The van der Waals surface area contributed by atoms with E-state index in [1.165, 1.54) is 22.3 Å². The first-order valence-corrected chi connectivity index (χ1v) is 22.4. The van der Waals surface area contributed by atoms with Crippen LogP contribution in [0.2, 0.25) is 10.3 Å². The maximum absolute atomic E-state index is 5.98. The average Bonchev–Trinajstić information content (AvgIpc) is 4.16. The lowest BCUT2D eigenvalue weighted by atomic mass is 9.97. The molecule has 2 N–H and O–H groups in total. The van der Waals surface area contributed by atoms with Gasteiger partial charge in [-0.15, -0.1) is 0 Å². The summed E-state index contributed by atoms with van der Waals surface area (Å²) < 4.78 is 14.9. The summed E-state index contributed by atoms with van der Waals surface area (Å²) in [6, 6.07) is 32.8. The molecule has 336 valence electrons. The van der Waals surface area contributed by atoms with Crippen molar-refractivity contribution in [1.29, 1.82) is 0 Å². The van der Waals surface area contributed by atoms with E-state index in [1.807, 2.05) is 85.9 Å². The first-order chi connectivity index (χ1) is 32.1. The molecule has 2 aliphatic rings. The largest absolute Gasteiger partial charge is 0.494 e. The fourth-order valence-electron chi connectivity index (χ4n) is 8.81. The third-order valence-electron chi connectivity index (χ3n) is 11.8. The van der Waals surface area contributed by atoms with Crippen molar-refractivity contribution < 1.29 is 9.47 Å². The van der Waals surface area contributed by atoms with Crippen LogP contribution < -0.4 is 29.9 Å². The molecule has 0 amide bonds. The highest BCUT2D eigenvalue weighted by Crippen LogP contribution is 2.43. The molecule has 8 aromatic rings. The molecule has 0 saturated carbocycles. The molecule has 0 saturated heterocycles. The van der Waals surface area contributed by atoms with Gasteiger partial charge in [-0.1, -0.05) is 83.9 Å². The minimum Gasteiger partial charge on any atom is -0.494 e. The predicted octanol–water partition coefficient (Wildman–Crippen LogP) is 10.4. The number of ether oxygens (including phenoxy) is 2. The minimum atomic E-state index is 0.270. The molecule has 14 nitrogen and oxygen atoms in total. The standard InChI is InChI=1S/2C25H25ClN6O/c2*1-31(2)24-19-11-10-18(16-7-5-4-6-8-16)23(19)29-25(30-24)28-17-9-12-20(21(13-17)33-3)32-14-22(26)27-15-32/h2*4-9,12-15,18H,10-11H2,1-3H3,(H,28,29,30)/t2*18-/m10/s1. The van der Waals surface area contributed by atoms with E-state index in [2.05, 4.69) is 78.9 Å². The van der Waals surface area contributed by atoms with E-state index in [1.54, 1.807) is 39.3 Å². The van der Waals surface area contributed by atoms with Gasteiger partial charge < -0.3 is 39.0 Å². The van der Waals surface area contributed by atoms with Gasteiger partial charge in [-0.2, -0.15) is 9.97 Å². The summed E-state index contributed by atoms with van der Waals surface area (Å²) in [4.78, 5) is 31.9. The van der Waals surface area contributed by atoms with Crippen molar-refractivity contribution in [2.24, 2.45) is 0 Å². The summed E-state index contributed by atoms with van der Waals surface area (Å²) in [7, 11) is 11.4. The Hall–Kier alpha value is -7.16. The highest BCUT2D eigenvalue weighted by Gasteiger charge is 2.31. The van der Waals surface area contributed by atoms with Gasteiger partial charge in [-0.25, -0.2) is 19.9 Å². The van der Waals surface area contributed by atoms with E-state index in [0.717, 1.165) is 71.5 Å². The van der Waals surface area contributed by atoms with Gasteiger partial charge in [0, 0.05) is 87.1 Å². The Morgan fingerprint density at radius 2 is 0.970 bits per heavy atom. The van der Waals surface area contributed by atoms with Crippen LogP contribution in [0.4, 0.5) is 34.9 Å². The second-order valence-electron chi connectivity index (χ2n) is 16.5. The Morgan fingerprint density at radius 3 is 1.32 bits per heavy atom. The Bertz CT molecular complexity index is 2780. The Labute approximate surface area is 394 Å². The van der Waals surface area contributed by atoms with Crippen LogP contribution in [0.15, 0.2) is 122 Å². The fourth-order valence-corrected chi connectivity index (χ4v) is 9.11. The van der Waals surface area contributed by atoms with Gasteiger partial charge in [0.2, 0.25) is 11.9 Å². The van der Waals surface area contributed by atoms with E-state index in [0.29, 0.717) is 33.7 Å². The molecule has 4 aromatic carbocycles. The number of hydrogen-bond acceptors (Lipinski definition) is 12. The monoisotopic (exact) mass is 920 g/mol. The van der Waals surface area contributed by atoms with E-state index in [-0.39, 0.29) is 11.8 Å². The number of methoxy groups -OCH3 is 2. The summed E-state index contributed by atoms with van der Waals surface area (Å²) in [5, 5.41) is 7.61. The highest BCUT2D eigenvalue weighted by molar-refractivity contribution is 6.29. The first-order valence-electron chi connectivity index (χ1n) is 21.6. The number of hydrogen-bond donors (Lipinski definition) is 2. The Kier molecular flexibility index (Phi) is 12.8. The molecule has 2 aliphatic carbocycles. The molecule has 4 heterocycles. The third-order valence-corrected chi connectivity index (χ3v) is 12.2. The zero-order valence-electron chi connectivity index (χ0n) is 37.6. The van der Waals surface area contributed by atoms with Crippen LogP contribution in [0.25, 0.3) is 11.4 Å². The molecule has 4 aromatic heterocycles. The topological polar surface area (TPSA) is 136 Å². The van der Waals surface area contributed by atoms with E-state index >= 15 is 0 Å². The van der Waals surface area contributed by atoms with Crippen LogP contribution in [0.5, 0.6) is 11.5 Å². The van der Waals surface area contributed by atoms with Crippen LogP contribution >= 0.6 is 23.2 Å². The number of anilines is 6. The molecular formula is C50H50Cl2N12O2. The van der Waals surface area contributed by atoms with Gasteiger partial charge in [0.05, 0.1) is 37.0 Å². The van der Waals surface area contributed by atoms with Crippen molar-refractivity contribution in [3.05, 3.63) is 166 Å². The second-order valence-corrected chi connectivity index (χ2v) is 17.3. The molecule has 0 spiro atoms. The molecule has 0 aliphatic heterocycles. The zero-order chi connectivity index (χ0) is 45.9. The number of nitrogens with zero attached hydrogens (tertiary/aromatic N) is 10. The molecule has 0 fully saturated rings. The van der Waals surface area contributed by atoms with Crippen molar-refractivity contribution in [2.45, 2.75) is 37.5 Å². The van der Waals surface area contributed by atoms with Crippen LogP contribution in [-0.4, -0.2) is 81.4 Å². The van der Waals surface area contributed by atoms with Crippen molar-refractivity contribution in [3.8, 4) is 22.9 Å². The number of fused-ring (bicyclic) bond motifs is 2. The Balaban J connectivity index is 0.000000166. The molecule has 0 unspecified atom stereocenters. The first kappa shape index (κ1) is 44.1. The van der Waals surface area contributed by atoms with Crippen molar-refractivity contribution in [1.82, 2.24) is 39.0 Å². The summed E-state index contributed by atoms with van der Waals surface area (Å²) in [5.74, 6) is 4.96. The van der Waals surface area contributed by atoms with Crippen LogP contribution in [0.1, 0.15) is 58.3 Å². The number of halogens is 2. The maximum atomic E-state index is 5.98. The second kappa shape index (κ2) is 19.1. The average molecular weight is 922 g/mol. The van der Waals surface area contributed by atoms with Crippen molar-refractivity contribution >= 4 is 58.1 Å². The van der Waals surface area contributed by atoms with Crippen molar-refractivity contribution in [3.63, 3.8) is 0 Å². The van der Waals surface area contributed by atoms with Gasteiger partial charge >= 0.3 is 0 Å². The summed E-state index contributed by atoms with van der Waals surface area (Å²) >= 11 is 12.0. The Morgan fingerprint density at radius 1 is 0.561 bits per heavy atom. The number of nitrogens with one attached hydrogen (secondary N) is 2. The van der Waals surface area contributed by atoms with E-state index in [9.17, 15) is 0 Å². The molecular weight excluding hydrogens is 872 g/mol. The molecule has 10 rings (SSSR count). The summed E-state index contributed by atoms with van der Waals surface area (Å²) in [5.41, 5.74) is 10.6. The smallest absolute Gasteiger partial charge is 0.229 e. The minimum absolute atomic E-state index is 0.270. The van der Waals surface area contributed by atoms with Crippen LogP contribution in [-0.2, 0) is 12.8 Å². The quantitative estimate of drug-likeness (QED) is 0.121. The SMILES string of the molecule is COc1cc(Nc2nc3c(c(N(C)C)n2)CC[C@@H]3c2ccccc2)ccc1-n1cnc(Cl)c1.COc1cc(Nc2nc3c(c(N(C)C)n2)CC[C@H]3c2ccccc2)ccc1-n1cnc(Cl)c1. The third kappa shape index (κ3) is 9.19. The van der Waals surface area contributed by atoms with Gasteiger partial charge in [0.15, 0.2) is 0 Å². The molecule has 2 atom stereocenters. The fraction of sp³-hybridized carbons (Fsp3) is 0.240. The number of aromatic nitrogens is 8. The van der Waals surface area contributed by atoms with Gasteiger partial charge in [0.25, 0.3) is 0 Å². The van der Waals surface area contributed by atoms with E-state index in [4.69, 9.17) is 52.6 Å². The van der Waals surface area contributed by atoms with Gasteiger partial charge in [-0.3, -0.25) is 0 Å². The summed E-state index contributed by atoms with van der Waals surface area (Å²) in [6.45, 7) is 0. The zero-order valence-corrected chi connectivity index (χ0v) is 39.1. The summed E-state index contributed by atoms with van der Waals surface area (Å²) in [6.07, 6.45) is 10.8. The number of rotatable bonds is 12. The van der Waals surface area contributed by atoms with Gasteiger partial charge in [0.1, 0.15) is 46.1 Å². The van der Waals surface area contributed by atoms with Crippen LogP contribution in [0, 0.1) is 0 Å². The van der Waals surface area contributed by atoms with Crippen molar-refractivity contribution in [2.75, 3.05) is 62.8 Å². The lowest BCUT2D eigenvalue weighted by Crippen LogP contribution is -2.16. The normalized spacial score (nSPS) is 14.7. The molecule has 0 bridgehead atoms. The molecule has 0 radical (unpaired) electrons. The highest BCUT2D eigenvalue weighted by atomic mass is 35.5. The van der Waals surface area contributed by atoms with E-state index < -0.39 is 0 Å². The lowest BCUT2D eigenvalue weighted by molar-refractivity contribution is 0.413. The molecule has 66 heavy (non-hydrogen) atoms. The number of imidazole rings is 2. The predicted molar refractivity (Wildman–Crippen MR) is 263 cm³/mol. The lowest BCUT2D eigenvalue weighted by Gasteiger charge is -2.19. The van der Waals surface area contributed by atoms with Gasteiger partial charge in [-0.05, 0) is 61.1 Å². The van der Waals surface area contributed by atoms with Crippen LogP contribution in [0.3, 0.4) is 0 Å². The maximum Gasteiger partial charge on any atom is 0.229 e.